The first-order valence-electron chi connectivity index (χ1n) is 9.15. The number of hydrogen-bond donors (Lipinski definition) is 0. The molecule has 9 nitrogen and oxygen atoms in total. The number of nitro groups is 1. The van der Waals surface area contributed by atoms with Crippen LogP contribution in [0.4, 0.5) is 11.4 Å². The van der Waals surface area contributed by atoms with Crippen molar-refractivity contribution >= 4 is 45.8 Å². The summed E-state index contributed by atoms with van der Waals surface area (Å²) in [7, 11) is 0. The highest BCUT2D eigenvalue weighted by Crippen LogP contribution is 2.37. The molecule has 0 atom stereocenters. The fraction of sp³-hybridized carbons (Fsp3) is 0.0476. The number of rotatable bonds is 3. The van der Waals surface area contributed by atoms with Crippen molar-refractivity contribution in [3.05, 3.63) is 86.7 Å². The van der Waals surface area contributed by atoms with Crippen LogP contribution in [-0.2, 0) is 0 Å². The lowest BCUT2D eigenvalue weighted by Gasteiger charge is -2.13. The lowest BCUT2D eigenvalue weighted by Crippen LogP contribution is -2.30. The van der Waals surface area contributed by atoms with Gasteiger partial charge in [0.05, 0.1) is 32.8 Å². The lowest BCUT2D eigenvalue weighted by molar-refractivity contribution is -0.384. The molecule has 0 radical (unpaired) electrons. The zero-order chi connectivity index (χ0) is 21.9. The van der Waals surface area contributed by atoms with Gasteiger partial charge in [-0.1, -0.05) is 23.7 Å². The normalized spacial score (nSPS) is 13.2. The maximum absolute atomic E-state index is 13.3. The highest BCUT2D eigenvalue weighted by Gasteiger charge is 2.42. The third-order valence-electron chi connectivity index (χ3n) is 5.11. The number of anilines is 1. The Hall–Kier alpha value is -4.11. The van der Waals surface area contributed by atoms with Crippen molar-refractivity contribution in [2.75, 3.05) is 4.90 Å². The Morgan fingerprint density at radius 1 is 1.03 bits per heavy atom. The van der Waals surface area contributed by atoms with Gasteiger partial charge < -0.3 is 0 Å². The SMILES string of the molecule is Cc1nn(-c2ccc(Cl)cc2)c2ncc3c(c12)C(=O)N(c1ccccc1[N+](=O)[O-])C3=O. The van der Waals surface area contributed by atoms with Gasteiger partial charge in [0.15, 0.2) is 5.65 Å². The van der Waals surface area contributed by atoms with Gasteiger partial charge in [-0.3, -0.25) is 19.7 Å². The number of amides is 2. The van der Waals surface area contributed by atoms with Crippen molar-refractivity contribution < 1.29 is 14.5 Å². The van der Waals surface area contributed by atoms with Gasteiger partial charge in [-0.15, -0.1) is 0 Å². The summed E-state index contributed by atoms with van der Waals surface area (Å²) in [5.41, 5.74) is 1.36. The number of aromatic nitrogens is 3. The molecular formula is C21H12ClN5O4. The number of benzene rings is 2. The monoisotopic (exact) mass is 433 g/mol. The van der Waals surface area contributed by atoms with E-state index < -0.39 is 16.7 Å². The van der Waals surface area contributed by atoms with Crippen molar-refractivity contribution in [1.82, 2.24) is 14.8 Å². The van der Waals surface area contributed by atoms with Crippen molar-refractivity contribution in [1.29, 1.82) is 0 Å². The minimum atomic E-state index is -0.664. The molecule has 5 rings (SSSR count). The third kappa shape index (κ3) is 2.71. The second-order valence-electron chi connectivity index (χ2n) is 6.91. The summed E-state index contributed by atoms with van der Waals surface area (Å²) >= 11 is 5.96. The summed E-state index contributed by atoms with van der Waals surface area (Å²) in [6.45, 7) is 1.71. The molecule has 0 aliphatic carbocycles. The molecular weight excluding hydrogens is 422 g/mol. The average Bonchev–Trinajstić information content (AvgIpc) is 3.22. The van der Waals surface area contributed by atoms with Crippen LogP contribution in [0.15, 0.2) is 54.7 Å². The van der Waals surface area contributed by atoms with Crippen molar-refractivity contribution in [3.63, 3.8) is 0 Å². The minimum Gasteiger partial charge on any atom is -0.268 e. The highest BCUT2D eigenvalue weighted by molar-refractivity contribution is 6.38. The second-order valence-corrected chi connectivity index (χ2v) is 7.35. The van der Waals surface area contributed by atoms with Gasteiger partial charge in [0, 0.05) is 17.3 Å². The number of pyridine rings is 1. The standard InChI is InChI=1S/C21H12ClN5O4/c1-11-17-18-14(10-23-19(17)26(24-11)13-8-6-12(22)7-9-13)20(28)25(21(18)29)15-4-2-3-5-16(15)27(30)31/h2-10H,1H3. The fourth-order valence-electron chi connectivity index (χ4n) is 3.75. The number of hydrogen-bond acceptors (Lipinski definition) is 6. The van der Waals surface area contributed by atoms with E-state index in [0.717, 1.165) is 4.90 Å². The van der Waals surface area contributed by atoms with E-state index in [2.05, 4.69) is 10.1 Å². The van der Waals surface area contributed by atoms with Crippen LogP contribution in [-0.4, -0.2) is 31.5 Å². The molecule has 1 aliphatic rings. The number of imide groups is 1. The number of para-hydroxylation sites is 2. The molecule has 0 saturated heterocycles. The summed E-state index contributed by atoms with van der Waals surface area (Å²) in [5, 5.41) is 16.9. The van der Waals surface area contributed by atoms with Gasteiger partial charge in [-0.05, 0) is 37.3 Å². The third-order valence-corrected chi connectivity index (χ3v) is 5.36. The van der Waals surface area contributed by atoms with Crippen molar-refractivity contribution in [3.8, 4) is 5.69 Å². The van der Waals surface area contributed by atoms with Crippen LogP contribution < -0.4 is 4.90 Å². The van der Waals surface area contributed by atoms with Crippen LogP contribution in [0.1, 0.15) is 26.4 Å². The topological polar surface area (TPSA) is 111 Å². The molecule has 0 saturated carbocycles. The molecule has 0 N–H and O–H groups in total. The van der Waals surface area contributed by atoms with E-state index in [-0.39, 0.29) is 22.5 Å². The molecule has 3 heterocycles. The smallest absolute Gasteiger partial charge is 0.268 e. The predicted octanol–water partition coefficient (Wildman–Crippen LogP) is 4.09. The van der Waals surface area contributed by atoms with E-state index in [9.17, 15) is 19.7 Å². The average molecular weight is 434 g/mol. The molecule has 2 amide bonds. The molecule has 0 bridgehead atoms. The number of aryl methyl sites for hydroxylation is 1. The zero-order valence-corrected chi connectivity index (χ0v) is 16.7. The maximum Gasteiger partial charge on any atom is 0.293 e. The first-order valence-corrected chi connectivity index (χ1v) is 9.52. The number of fused-ring (bicyclic) bond motifs is 3. The molecule has 4 aromatic rings. The van der Waals surface area contributed by atoms with Crippen LogP contribution in [0.25, 0.3) is 16.7 Å². The van der Waals surface area contributed by atoms with Crippen LogP contribution in [0, 0.1) is 17.0 Å². The first-order chi connectivity index (χ1) is 14.9. The van der Waals surface area contributed by atoms with Gasteiger partial charge >= 0.3 is 0 Å². The molecule has 10 heteroatoms. The predicted molar refractivity (Wildman–Crippen MR) is 113 cm³/mol. The Kier molecular flexibility index (Phi) is 4.09. The summed E-state index contributed by atoms with van der Waals surface area (Å²) in [6.07, 6.45) is 1.31. The minimum absolute atomic E-state index is 0.0782. The molecule has 152 valence electrons. The number of carbonyl (C=O) groups excluding carboxylic acids is 2. The van der Waals surface area contributed by atoms with Crippen LogP contribution >= 0.6 is 11.6 Å². The molecule has 2 aromatic carbocycles. The van der Waals surface area contributed by atoms with Crippen LogP contribution in [0.2, 0.25) is 5.02 Å². The van der Waals surface area contributed by atoms with E-state index in [0.29, 0.717) is 27.4 Å². The highest BCUT2D eigenvalue weighted by atomic mass is 35.5. The number of carbonyl (C=O) groups is 2. The molecule has 1 aliphatic heterocycles. The molecule has 31 heavy (non-hydrogen) atoms. The fourth-order valence-corrected chi connectivity index (χ4v) is 3.88. The van der Waals surface area contributed by atoms with Crippen LogP contribution in [0.3, 0.4) is 0 Å². The largest absolute Gasteiger partial charge is 0.293 e. The summed E-state index contributed by atoms with van der Waals surface area (Å²) in [6, 6.07) is 12.6. The van der Waals surface area contributed by atoms with Crippen molar-refractivity contribution in [2.24, 2.45) is 0 Å². The Morgan fingerprint density at radius 3 is 2.45 bits per heavy atom. The summed E-state index contributed by atoms with van der Waals surface area (Å²) in [4.78, 5) is 42.4. The Labute approximate surface area is 179 Å². The Balaban J connectivity index is 1.72. The van der Waals surface area contributed by atoms with E-state index in [1.54, 1.807) is 35.9 Å². The Bertz CT molecular complexity index is 1430. The number of nitro benzene ring substituents is 1. The molecule has 2 aromatic heterocycles. The van der Waals surface area contributed by atoms with Gasteiger partial charge in [0.2, 0.25) is 0 Å². The molecule has 0 spiro atoms. The molecule has 0 fully saturated rings. The zero-order valence-electron chi connectivity index (χ0n) is 15.9. The van der Waals surface area contributed by atoms with Gasteiger partial charge in [0.25, 0.3) is 17.5 Å². The van der Waals surface area contributed by atoms with Gasteiger partial charge in [-0.25, -0.2) is 14.6 Å². The summed E-state index contributed by atoms with van der Waals surface area (Å²) in [5.74, 6) is -1.32. The maximum atomic E-state index is 13.3. The quantitative estimate of drug-likeness (QED) is 0.273. The first kappa shape index (κ1) is 18.9. The van der Waals surface area contributed by atoms with Crippen molar-refractivity contribution in [2.45, 2.75) is 6.92 Å². The molecule has 0 unspecified atom stereocenters. The Morgan fingerprint density at radius 2 is 1.74 bits per heavy atom. The second kappa shape index (κ2) is 6.71. The van der Waals surface area contributed by atoms with E-state index in [1.807, 2.05) is 0 Å². The lowest BCUT2D eigenvalue weighted by atomic mass is 10.1. The van der Waals surface area contributed by atoms with E-state index >= 15 is 0 Å². The van der Waals surface area contributed by atoms with E-state index in [4.69, 9.17) is 11.6 Å². The summed E-state index contributed by atoms with van der Waals surface area (Å²) < 4.78 is 1.56. The van der Waals surface area contributed by atoms with E-state index in [1.165, 1.54) is 30.5 Å². The number of nitrogens with zero attached hydrogens (tertiary/aromatic N) is 5. The van der Waals surface area contributed by atoms with Gasteiger partial charge in [-0.2, -0.15) is 5.10 Å². The van der Waals surface area contributed by atoms with Gasteiger partial charge in [0.1, 0.15) is 5.69 Å². The van der Waals surface area contributed by atoms with Crippen LogP contribution in [0.5, 0.6) is 0 Å². The number of halogens is 1.